The molecule has 7 nitrogen and oxygen atoms in total. The maximum absolute atomic E-state index is 13.3. The number of ether oxygens (including phenoxy) is 3. The molecule has 0 saturated heterocycles. The van der Waals surface area contributed by atoms with Crippen molar-refractivity contribution in [3.8, 4) is 17.2 Å². The van der Waals surface area contributed by atoms with Crippen LogP contribution in [0.4, 0.5) is 10.3 Å². The van der Waals surface area contributed by atoms with E-state index in [9.17, 15) is 4.39 Å². The summed E-state index contributed by atoms with van der Waals surface area (Å²) in [5.41, 5.74) is 2.52. The number of benzene rings is 2. The predicted molar refractivity (Wildman–Crippen MR) is 102 cm³/mol. The molecule has 0 fully saturated rings. The molecule has 1 aromatic heterocycles. The van der Waals surface area contributed by atoms with Crippen LogP contribution >= 0.6 is 0 Å². The van der Waals surface area contributed by atoms with Crippen molar-refractivity contribution in [3.05, 3.63) is 65.7 Å². The van der Waals surface area contributed by atoms with Gasteiger partial charge in [0.15, 0.2) is 11.5 Å². The molecule has 8 heteroatoms. The molecule has 0 spiro atoms. The van der Waals surface area contributed by atoms with Gasteiger partial charge in [0.2, 0.25) is 11.7 Å². The highest BCUT2D eigenvalue weighted by molar-refractivity contribution is 5.77. The molecular weight excluding hydrogens is 363 g/mol. The van der Waals surface area contributed by atoms with Crippen LogP contribution in [0.15, 0.2) is 48.8 Å². The lowest BCUT2D eigenvalue weighted by Crippen LogP contribution is -2.20. The van der Waals surface area contributed by atoms with E-state index in [1.807, 2.05) is 18.2 Å². The minimum Gasteiger partial charge on any atom is -0.493 e. The number of rotatable bonds is 5. The Morgan fingerprint density at radius 2 is 1.68 bits per heavy atom. The maximum atomic E-state index is 13.3. The largest absolute Gasteiger partial charge is 0.493 e. The molecule has 1 aliphatic rings. The van der Waals surface area contributed by atoms with Gasteiger partial charge in [0.1, 0.15) is 18.2 Å². The molecule has 4 rings (SSSR count). The van der Waals surface area contributed by atoms with Gasteiger partial charge in [0.05, 0.1) is 21.3 Å². The number of halogens is 1. The van der Waals surface area contributed by atoms with Gasteiger partial charge in [-0.1, -0.05) is 0 Å². The van der Waals surface area contributed by atoms with Crippen molar-refractivity contribution in [2.75, 3.05) is 26.6 Å². The summed E-state index contributed by atoms with van der Waals surface area (Å²) in [6.07, 6.45) is 3.48. The zero-order chi connectivity index (χ0) is 19.7. The topological polar surface area (TPSA) is 70.4 Å². The smallest absolute Gasteiger partial charge is 0.226 e. The second-order valence-corrected chi connectivity index (χ2v) is 6.14. The molecule has 1 aliphatic heterocycles. The first kappa shape index (κ1) is 17.8. The number of methoxy groups -OCH3 is 3. The Balaban J connectivity index is 1.84. The minimum atomic E-state index is -0.287. The molecule has 0 saturated carbocycles. The Hall–Kier alpha value is -3.55. The van der Waals surface area contributed by atoms with E-state index in [4.69, 9.17) is 14.2 Å². The van der Waals surface area contributed by atoms with E-state index in [2.05, 4.69) is 15.4 Å². The zero-order valence-corrected chi connectivity index (χ0v) is 15.6. The molecule has 144 valence electrons. The van der Waals surface area contributed by atoms with Gasteiger partial charge in [0.25, 0.3) is 0 Å². The third kappa shape index (κ3) is 3.02. The molecule has 0 radical (unpaired) electrons. The van der Waals surface area contributed by atoms with Crippen molar-refractivity contribution in [1.82, 2.24) is 14.8 Å². The van der Waals surface area contributed by atoms with E-state index in [0.717, 1.165) is 16.8 Å². The van der Waals surface area contributed by atoms with E-state index < -0.39 is 0 Å². The number of hydrogen-bond donors (Lipinski definition) is 1. The van der Waals surface area contributed by atoms with Crippen LogP contribution in [-0.2, 0) is 0 Å². The van der Waals surface area contributed by atoms with Crippen molar-refractivity contribution >= 4 is 11.6 Å². The number of fused-ring (bicyclic) bond motifs is 1. The maximum Gasteiger partial charge on any atom is 0.226 e. The summed E-state index contributed by atoms with van der Waals surface area (Å²) >= 11 is 0. The Kier molecular flexibility index (Phi) is 4.60. The Morgan fingerprint density at radius 1 is 1.00 bits per heavy atom. The summed E-state index contributed by atoms with van der Waals surface area (Å²) in [6.45, 7) is 0. The molecule has 0 amide bonds. The highest BCUT2D eigenvalue weighted by Gasteiger charge is 2.26. The molecule has 2 aromatic carbocycles. The molecule has 0 bridgehead atoms. The summed E-state index contributed by atoms with van der Waals surface area (Å²) in [6, 6.07) is 9.76. The van der Waals surface area contributed by atoms with Crippen molar-refractivity contribution in [1.29, 1.82) is 0 Å². The summed E-state index contributed by atoms with van der Waals surface area (Å²) in [5, 5.41) is 7.57. The fraction of sp³-hybridized carbons (Fsp3) is 0.200. The number of allylic oxidation sites excluding steroid dienone is 1. The van der Waals surface area contributed by atoms with Crippen molar-refractivity contribution in [2.24, 2.45) is 0 Å². The number of nitrogens with zero attached hydrogens (tertiary/aromatic N) is 3. The lowest BCUT2D eigenvalue weighted by molar-refractivity contribution is 0.323. The first-order valence-corrected chi connectivity index (χ1v) is 8.58. The summed E-state index contributed by atoms with van der Waals surface area (Å²) in [5.74, 6) is 1.91. The molecule has 1 N–H and O–H groups in total. The highest BCUT2D eigenvalue weighted by Crippen LogP contribution is 2.42. The molecule has 28 heavy (non-hydrogen) atoms. The Labute approximate surface area is 161 Å². The van der Waals surface area contributed by atoms with Crippen LogP contribution in [0.1, 0.15) is 17.2 Å². The Bertz CT molecular complexity index is 1010. The van der Waals surface area contributed by atoms with Gasteiger partial charge in [-0.15, -0.1) is 0 Å². The van der Waals surface area contributed by atoms with E-state index >= 15 is 0 Å². The van der Waals surface area contributed by atoms with E-state index in [0.29, 0.717) is 23.2 Å². The van der Waals surface area contributed by atoms with Gasteiger partial charge in [-0.2, -0.15) is 10.1 Å². The fourth-order valence-electron chi connectivity index (χ4n) is 3.24. The van der Waals surface area contributed by atoms with Crippen LogP contribution in [0.5, 0.6) is 17.2 Å². The summed E-state index contributed by atoms with van der Waals surface area (Å²) in [4.78, 5) is 4.28. The van der Waals surface area contributed by atoms with Crippen LogP contribution in [-0.4, -0.2) is 36.1 Å². The zero-order valence-electron chi connectivity index (χ0n) is 15.6. The van der Waals surface area contributed by atoms with E-state index in [1.165, 1.54) is 18.5 Å². The van der Waals surface area contributed by atoms with Crippen molar-refractivity contribution in [3.63, 3.8) is 0 Å². The van der Waals surface area contributed by atoms with Gasteiger partial charge in [-0.3, -0.25) is 0 Å². The fourth-order valence-corrected chi connectivity index (χ4v) is 3.24. The molecular formula is C20H19FN4O3. The number of hydrogen-bond acceptors (Lipinski definition) is 6. The average Bonchev–Trinajstić information content (AvgIpc) is 3.21. The van der Waals surface area contributed by atoms with Crippen LogP contribution < -0.4 is 19.5 Å². The first-order valence-electron chi connectivity index (χ1n) is 8.58. The normalized spacial score (nSPS) is 15.3. The number of nitrogens with one attached hydrogen (secondary N) is 1. The second kappa shape index (κ2) is 7.22. The molecule has 0 unspecified atom stereocenters. The molecule has 3 aromatic rings. The SMILES string of the molecule is COc1cc([C@@H]2C=C(c3ccc(F)cc3)Nc3ncnn32)cc(OC)c1OC. The number of aromatic nitrogens is 3. The van der Waals surface area contributed by atoms with Crippen LogP contribution in [0.2, 0.25) is 0 Å². The summed E-state index contributed by atoms with van der Waals surface area (Å²) in [7, 11) is 4.71. The van der Waals surface area contributed by atoms with Gasteiger partial charge in [-0.05, 0) is 53.6 Å². The van der Waals surface area contributed by atoms with Gasteiger partial charge in [-0.25, -0.2) is 9.07 Å². The van der Waals surface area contributed by atoms with Gasteiger partial charge < -0.3 is 19.5 Å². The molecule has 0 aliphatic carbocycles. The second-order valence-electron chi connectivity index (χ2n) is 6.14. The molecule has 1 atom stereocenters. The van der Waals surface area contributed by atoms with Crippen molar-refractivity contribution in [2.45, 2.75) is 6.04 Å². The highest BCUT2D eigenvalue weighted by atomic mass is 19.1. The minimum absolute atomic E-state index is 0.271. The summed E-state index contributed by atoms with van der Waals surface area (Å²) < 4.78 is 31.4. The van der Waals surface area contributed by atoms with Gasteiger partial charge in [0, 0.05) is 5.70 Å². The number of anilines is 1. The third-order valence-corrected chi connectivity index (χ3v) is 4.59. The van der Waals surface area contributed by atoms with Crippen molar-refractivity contribution < 1.29 is 18.6 Å². The predicted octanol–water partition coefficient (Wildman–Crippen LogP) is 3.50. The van der Waals surface area contributed by atoms with E-state index in [1.54, 1.807) is 38.1 Å². The monoisotopic (exact) mass is 382 g/mol. The standard InChI is InChI=1S/C20H19FN4O3/c1-26-17-8-13(9-18(27-2)19(17)28-3)16-10-15(12-4-6-14(21)7-5-12)24-20-22-11-23-25(16)20/h4-11,16H,1-3H3,(H,22,23,24)/t16-/m0/s1. The van der Waals surface area contributed by atoms with Crippen LogP contribution in [0, 0.1) is 5.82 Å². The average molecular weight is 382 g/mol. The third-order valence-electron chi connectivity index (χ3n) is 4.59. The quantitative estimate of drug-likeness (QED) is 0.728. The lowest BCUT2D eigenvalue weighted by atomic mass is 10.0. The van der Waals surface area contributed by atoms with E-state index in [-0.39, 0.29) is 11.9 Å². The lowest BCUT2D eigenvalue weighted by Gasteiger charge is -2.25. The Morgan fingerprint density at radius 3 is 2.29 bits per heavy atom. The first-order chi connectivity index (χ1) is 13.6. The van der Waals surface area contributed by atoms with Gasteiger partial charge >= 0.3 is 0 Å². The van der Waals surface area contributed by atoms with Crippen LogP contribution in [0.3, 0.4) is 0 Å². The molecule has 2 heterocycles. The van der Waals surface area contributed by atoms with Crippen LogP contribution in [0.25, 0.3) is 5.70 Å².